The number of rotatable bonds is 3. The number of benzene rings is 1. The molecule has 0 fully saturated rings. The smallest absolute Gasteiger partial charge is 0.133 e. The van der Waals surface area contributed by atoms with Crippen molar-refractivity contribution in [1.82, 2.24) is 10.1 Å². The molecule has 1 aromatic carbocycles. The van der Waals surface area contributed by atoms with Crippen LogP contribution in [0.2, 0.25) is 0 Å². The van der Waals surface area contributed by atoms with Gasteiger partial charge in [0.1, 0.15) is 11.5 Å². The van der Waals surface area contributed by atoms with Crippen molar-refractivity contribution in [2.45, 2.75) is 13.5 Å². The van der Waals surface area contributed by atoms with Gasteiger partial charge in [-0.3, -0.25) is 4.98 Å². The number of aromatic nitrogens is 2. The molecule has 5 nitrogen and oxygen atoms in total. The molecule has 96 valence electrons. The minimum atomic E-state index is 0.565. The number of nitrogens with zero attached hydrogens (tertiary/aromatic N) is 2. The molecule has 0 aliphatic carbocycles. The quantitative estimate of drug-likeness (QED) is 0.751. The molecule has 0 unspecified atom stereocenters. The SMILES string of the molecule is Cc1cc(CNc2c(N)cnc3ccccc23)no1. The first-order valence-electron chi connectivity index (χ1n) is 6.03. The summed E-state index contributed by atoms with van der Waals surface area (Å²) in [6.07, 6.45) is 1.67. The fraction of sp³-hybridized carbons (Fsp3) is 0.143. The number of hydrogen-bond acceptors (Lipinski definition) is 5. The summed E-state index contributed by atoms with van der Waals surface area (Å²) in [6.45, 7) is 2.43. The molecule has 0 amide bonds. The summed E-state index contributed by atoms with van der Waals surface area (Å²) in [6, 6.07) is 9.77. The van der Waals surface area contributed by atoms with Gasteiger partial charge < -0.3 is 15.6 Å². The van der Waals surface area contributed by atoms with E-state index in [0.717, 1.165) is 28.0 Å². The van der Waals surface area contributed by atoms with Crippen LogP contribution in [0, 0.1) is 6.92 Å². The van der Waals surface area contributed by atoms with E-state index in [2.05, 4.69) is 15.5 Å². The number of nitrogens with two attached hydrogens (primary N) is 1. The second-order valence-electron chi connectivity index (χ2n) is 4.39. The highest BCUT2D eigenvalue weighted by atomic mass is 16.5. The van der Waals surface area contributed by atoms with Gasteiger partial charge in [-0.15, -0.1) is 0 Å². The summed E-state index contributed by atoms with van der Waals surface area (Å²) in [5.41, 5.74) is 9.25. The number of aryl methyl sites for hydroxylation is 1. The summed E-state index contributed by atoms with van der Waals surface area (Å²) >= 11 is 0. The van der Waals surface area contributed by atoms with Crippen LogP contribution in [0.4, 0.5) is 11.4 Å². The first-order valence-corrected chi connectivity index (χ1v) is 6.03. The highest BCUT2D eigenvalue weighted by Gasteiger charge is 2.07. The van der Waals surface area contributed by atoms with Gasteiger partial charge in [0.15, 0.2) is 0 Å². The second-order valence-corrected chi connectivity index (χ2v) is 4.39. The fourth-order valence-corrected chi connectivity index (χ4v) is 2.03. The Morgan fingerprint density at radius 1 is 1.32 bits per heavy atom. The topological polar surface area (TPSA) is 77.0 Å². The van der Waals surface area contributed by atoms with Gasteiger partial charge in [-0.05, 0) is 13.0 Å². The van der Waals surface area contributed by atoms with Gasteiger partial charge in [0, 0.05) is 11.5 Å². The van der Waals surface area contributed by atoms with Gasteiger partial charge in [-0.25, -0.2) is 0 Å². The zero-order chi connectivity index (χ0) is 13.2. The maximum Gasteiger partial charge on any atom is 0.133 e. The average Bonchev–Trinajstić information content (AvgIpc) is 2.83. The molecule has 0 aliphatic heterocycles. The summed E-state index contributed by atoms with van der Waals surface area (Å²) in [7, 11) is 0. The summed E-state index contributed by atoms with van der Waals surface area (Å²) < 4.78 is 5.04. The zero-order valence-corrected chi connectivity index (χ0v) is 10.6. The van der Waals surface area contributed by atoms with E-state index in [-0.39, 0.29) is 0 Å². The minimum absolute atomic E-state index is 0.565. The van der Waals surface area contributed by atoms with Gasteiger partial charge >= 0.3 is 0 Å². The van der Waals surface area contributed by atoms with E-state index >= 15 is 0 Å². The molecule has 5 heteroatoms. The third-order valence-corrected chi connectivity index (χ3v) is 2.93. The predicted molar refractivity (Wildman–Crippen MR) is 74.7 cm³/mol. The normalized spacial score (nSPS) is 10.8. The van der Waals surface area contributed by atoms with Crippen LogP contribution in [0.1, 0.15) is 11.5 Å². The Bertz CT molecular complexity index is 720. The molecular weight excluding hydrogens is 240 g/mol. The van der Waals surface area contributed by atoms with E-state index in [1.54, 1.807) is 6.20 Å². The van der Waals surface area contributed by atoms with E-state index < -0.39 is 0 Å². The fourth-order valence-electron chi connectivity index (χ4n) is 2.03. The van der Waals surface area contributed by atoms with Crippen LogP contribution in [0.3, 0.4) is 0 Å². The first kappa shape index (κ1) is 11.5. The standard InChI is InChI=1S/C14H14N4O/c1-9-6-10(18-19-9)7-17-14-11-4-2-3-5-13(11)16-8-12(14)15/h2-6,8H,7,15H2,1H3,(H,16,17). The van der Waals surface area contributed by atoms with Gasteiger partial charge in [0.2, 0.25) is 0 Å². The number of pyridine rings is 1. The lowest BCUT2D eigenvalue weighted by Crippen LogP contribution is -2.04. The molecule has 19 heavy (non-hydrogen) atoms. The second kappa shape index (κ2) is 4.61. The molecule has 0 aliphatic rings. The largest absolute Gasteiger partial charge is 0.396 e. The number of para-hydroxylation sites is 1. The predicted octanol–water partition coefficient (Wildman–Crippen LogP) is 2.73. The molecular formula is C14H14N4O. The molecule has 3 N–H and O–H groups in total. The van der Waals surface area contributed by atoms with Crippen molar-refractivity contribution in [2.75, 3.05) is 11.1 Å². The molecule has 0 radical (unpaired) electrons. The average molecular weight is 254 g/mol. The lowest BCUT2D eigenvalue weighted by atomic mass is 10.1. The molecule has 2 heterocycles. The van der Waals surface area contributed by atoms with Crippen molar-refractivity contribution in [3.8, 4) is 0 Å². The van der Waals surface area contributed by atoms with Crippen LogP contribution in [-0.2, 0) is 6.54 Å². The Hall–Kier alpha value is -2.56. The van der Waals surface area contributed by atoms with Crippen LogP contribution >= 0.6 is 0 Å². The summed E-state index contributed by atoms with van der Waals surface area (Å²) in [5.74, 6) is 0.796. The monoisotopic (exact) mass is 254 g/mol. The van der Waals surface area contributed by atoms with E-state index in [1.165, 1.54) is 0 Å². The van der Waals surface area contributed by atoms with Gasteiger partial charge in [-0.2, -0.15) is 0 Å². The lowest BCUT2D eigenvalue weighted by molar-refractivity contribution is 0.391. The van der Waals surface area contributed by atoms with Gasteiger partial charge in [0.25, 0.3) is 0 Å². The molecule has 0 bridgehead atoms. The van der Waals surface area contributed by atoms with Crippen molar-refractivity contribution in [1.29, 1.82) is 0 Å². The van der Waals surface area contributed by atoms with Gasteiger partial charge in [-0.1, -0.05) is 23.4 Å². The van der Waals surface area contributed by atoms with Crippen LogP contribution in [0.25, 0.3) is 10.9 Å². The molecule has 2 aromatic heterocycles. The van der Waals surface area contributed by atoms with E-state index in [9.17, 15) is 0 Å². The minimum Gasteiger partial charge on any atom is -0.396 e. The third-order valence-electron chi connectivity index (χ3n) is 2.93. The highest BCUT2D eigenvalue weighted by molar-refractivity contribution is 5.96. The number of hydrogen-bond donors (Lipinski definition) is 2. The molecule has 0 atom stereocenters. The molecule has 0 spiro atoms. The Kier molecular flexibility index (Phi) is 2.79. The molecule has 0 saturated heterocycles. The van der Waals surface area contributed by atoms with E-state index in [4.69, 9.17) is 10.3 Å². The van der Waals surface area contributed by atoms with Crippen LogP contribution in [0.15, 0.2) is 41.1 Å². The van der Waals surface area contributed by atoms with Crippen molar-refractivity contribution in [3.05, 3.63) is 48.0 Å². The van der Waals surface area contributed by atoms with Crippen molar-refractivity contribution >= 4 is 22.3 Å². The summed E-state index contributed by atoms with van der Waals surface area (Å²) in [4.78, 5) is 4.30. The van der Waals surface area contributed by atoms with Gasteiger partial charge in [0.05, 0.1) is 29.6 Å². The Labute approximate surface area is 110 Å². The number of nitrogen functional groups attached to an aromatic ring is 1. The number of nitrogens with one attached hydrogen (secondary N) is 1. The Balaban J connectivity index is 1.93. The molecule has 3 rings (SSSR count). The van der Waals surface area contributed by atoms with E-state index in [1.807, 2.05) is 37.3 Å². The van der Waals surface area contributed by atoms with Crippen molar-refractivity contribution in [3.63, 3.8) is 0 Å². The highest BCUT2D eigenvalue weighted by Crippen LogP contribution is 2.27. The van der Waals surface area contributed by atoms with E-state index in [0.29, 0.717) is 12.2 Å². The maximum absolute atomic E-state index is 5.99. The number of fused-ring (bicyclic) bond motifs is 1. The Morgan fingerprint density at radius 3 is 2.95 bits per heavy atom. The number of anilines is 2. The maximum atomic E-state index is 5.99. The summed E-state index contributed by atoms with van der Waals surface area (Å²) in [5, 5.41) is 8.25. The Morgan fingerprint density at radius 2 is 2.16 bits per heavy atom. The molecule has 3 aromatic rings. The van der Waals surface area contributed by atoms with Crippen LogP contribution < -0.4 is 11.1 Å². The first-order chi connectivity index (χ1) is 9.24. The lowest BCUT2D eigenvalue weighted by Gasteiger charge is -2.10. The molecule has 0 saturated carbocycles. The zero-order valence-electron chi connectivity index (χ0n) is 10.6. The van der Waals surface area contributed by atoms with Crippen molar-refractivity contribution in [2.24, 2.45) is 0 Å². The van der Waals surface area contributed by atoms with Crippen LogP contribution in [0.5, 0.6) is 0 Å². The van der Waals surface area contributed by atoms with Crippen LogP contribution in [-0.4, -0.2) is 10.1 Å². The third kappa shape index (κ3) is 2.22. The van der Waals surface area contributed by atoms with Crippen molar-refractivity contribution < 1.29 is 4.52 Å².